The summed E-state index contributed by atoms with van der Waals surface area (Å²) in [5.41, 5.74) is 5.66. The van der Waals surface area contributed by atoms with E-state index in [0.717, 1.165) is 43.8 Å². The van der Waals surface area contributed by atoms with Crippen molar-refractivity contribution in [3.8, 4) is 0 Å². The molecule has 3 rings (SSSR count). The third-order valence-electron chi connectivity index (χ3n) is 4.50. The quantitative estimate of drug-likeness (QED) is 0.905. The standard InChI is InChI=1S/C14H23N3O2/c1-2-18-14(7-3-4-8-14)13-16-12(19-17-13)10-5-6-11(15)9-10/h10-11H,2-9,15H2,1H3. The van der Waals surface area contributed by atoms with E-state index in [-0.39, 0.29) is 11.6 Å². The number of nitrogens with zero attached hydrogens (tertiary/aromatic N) is 2. The summed E-state index contributed by atoms with van der Waals surface area (Å²) in [4.78, 5) is 4.64. The first-order valence-electron chi connectivity index (χ1n) is 7.47. The van der Waals surface area contributed by atoms with Crippen molar-refractivity contribution in [3.05, 3.63) is 11.7 Å². The van der Waals surface area contributed by atoms with Gasteiger partial charge in [-0.15, -0.1) is 0 Å². The van der Waals surface area contributed by atoms with E-state index in [1.165, 1.54) is 12.8 Å². The van der Waals surface area contributed by atoms with Gasteiger partial charge in [0.05, 0.1) is 0 Å². The molecule has 2 N–H and O–H groups in total. The normalized spacial score (nSPS) is 30.0. The van der Waals surface area contributed by atoms with E-state index < -0.39 is 0 Å². The van der Waals surface area contributed by atoms with Crippen LogP contribution in [0.2, 0.25) is 0 Å². The minimum atomic E-state index is -0.294. The molecule has 0 saturated heterocycles. The average molecular weight is 265 g/mol. The maximum Gasteiger partial charge on any atom is 0.229 e. The van der Waals surface area contributed by atoms with Gasteiger partial charge in [-0.3, -0.25) is 0 Å². The van der Waals surface area contributed by atoms with Crippen molar-refractivity contribution in [2.45, 2.75) is 69.4 Å². The van der Waals surface area contributed by atoms with E-state index in [2.05, 4.69) is 10.1 Å². The number of hydrogen-bond donors (Lipinski definition) is 1. The molecule has 2 saturated carbocycles. The highest BCUT2D eigenvalue weighted by Crippen LogP contribution is 2.42. The monoisotopic (exact) mass is 265 g/mol. The first-order valence-corrected chi connectivity index (χ1v) is 7.47. The van der Waals surface area contributed by atoms with Crippen LogP contribution in [0, 0.1) is 0 Å². The van der Waals surface area contributed by atoms with Crippen LogP contribution in [0.4, 0.5) is 0 Å². The maximum atomic E-state index is 5.96. The predicted octanol–water partition coefficient (Wildman–Crippen LogP) is 2.47. The molecule has 106 valence electrons. The third kappa shape index (κ3) is 2.41. The Labute approximate surface area is 113 Å². The summed E-state index contributed by atoms with van der Waals surface area (Å²) in [5.74, 6) is 1.85. The smallest absolute Gasteiger partial charge is 0.229 e. The Balaban J connectivity index is 1.79. The maximum absolute atomic E-state index is 5.96. The first-order chi connectivity index (χ1) is 9.23. The molecule has 0 aliphatic heterocycles. The lowest BCUT2D eigenvalue weighted by Crippen LogP contribution is -2.27. The van der Waals surface area contributed by atoms with Gasteiger partial charge < -0.3 is 15.0 Å². The van der Waals surface area contributed by atoms with Crippen molar-refractivity contribution < 1.29 is 9.26 Å². The van der Waals surface area contributed by atoms with Crippen LogP contribution in [0.1, 0.15) is 69.5 Å². The number of rotatable bonds is 4. The van der Waals surface area contributed by atoms with Crippen LogP contribution >= 0.6 is 0 Å². The summed E-state index contributed by atoms with van der Waals surface area (Å²) in [6.45, 7) is 2.72. The van der Waals surface area contributed by atoms with Crippen LogP contribution in [0.5, 0.6) is 0 Å². The molecule has 0 amide bonds. The molecule has 1 aromatic rings. The van der Waals surface area contributed by atoms with Crippen molar-refractivity contribution in [2.75, 3.05) is 6.61 Å². The molecule has 2 atom stereocenters. The van der Waals surface area contributed by atoms with Crippen LogP contribution < -0.4 is 5.73 Å². The predicted molar refractivity (Wildman–Crippen MR) is 70.6 cm³/mol. The Morgan fingerprint density at radius 1 is 1.37 bits per heavy atom. The molecular formula is C14H23N3O2. The zero-order valence-corrected chi connectivity index (χ0v) is 11.6. The second-order valence-corrected chi connectivity index (χ2v) is 5.86. The van der Waals surface area contributed by atoms with Crippen molar-refractivity contribution in [1.29, 1.82) is 0 Å². The zero-order valence-electron chi connectivity index (χ0n) is 11.6. The van der Waals surface area contributed by atoms with Crippen LogP contribution in [0.15, 0.2) is 4.52 Å². The van der Waals surface area contributed by atoms with Crippen LogP contribution in [0.25, 0.3) is 0 Å². The van der Waals surface area contributed by atoms with Gasteiger partial charge in [-0.05, 0) is 51.9 Å². The number of ether oxygens (including phenoxy) is 1. The zero-order chi connectivity index (χ0) is 13.3. The van der Waals surface area contributed by atoms with E-state index >= 15 is 0 Å². The largest absolute Gasteiger partial charge is 0.367 e. The molecule has 1 heterocycles. The second kappa shape index (κ2) is 5.21. The number of nitrogens with two attached hydrogens (primary N) is 1. The highest BCUT2D eigenvalue weighted by Gasteiger charge is 2.41. The van der Waals surface area contributed by atoms with Crippen molar-refractivity contribution in [1.82, 2.24) is 10.1 Å². The highest BCUT2D eigenvalue weighted by molar-refractivity contribution is 5.07. The SMILES string of the molecule is CCOC1(c2noc(C3CCC(N)C3)n2)CCCC1. The molecule has 5 heteroatoms. The average Bonchev–Trinajstić information content (AvgIpc) is 3.07. The Bertz CT molecular complexity index is 426. The van der Waals surface area contributed by atoms with E-state index in [9.17, 15) is 0 Å². The minimum absolute atomic E-state index is 0.285. The van der Waals surface area contributed by atoms with Gasteiger partial charge in [0, 0.05) is 18.6 Å². The van der Waals surface area contributed by atoms with Gasteiger partial charge >= 0.3 is 0 Å². The molecule has 19 heavy (non-hydrogen) atoms. The van der Waals surface area contributed by atoms with Gasteiger partial charge in [-0.1, -0.05) is 5.16 Å². The lowest BCUT2D eigenvalue weighted by molar-refractivity contribution is -0.0469. The Kier molecular flexibility index (Phi) is 3.58. The van der Waals surface area contributed by atoms with Crippen molar-refractivity contribution >= 4 is 0 Å². The van der Waals surface area contributed by atoms with E-state index in [1.807, 2.05) is 6.92 Å². The van der Waals surface area contributed by atoms with Gasteiger partial charge in [-0.25, -0.2) is 0 Å². The summed E-state index contributed by atoms with van der Waals surface area (Å²) >= 11 is 0. The lowest BCUT2D eigenvalue weighted by atomic mass is 10.0. The molecular weight excluding hydrogens is 242 g/mol. The third-order valence-corrected chi connectivity index (χ3v) is 4.50. The van der Waals surface area contributed by atoms with E-state index in [1.54, 1.807) is 0 Å². The van der Waals surface area contributed by atoms with Gasteiger partial charge in [-0.2, -0.15) is 4.98 Å². The van der Waals surface area contributed by atoms with Gasteiger partial charge in [0.1, 0.15) is 5.60 Å². The second-order valence-electron chi connectivity index (χ2n) is 5.86. The molecule has 2 aliphatic rings. The number of hydrogen-bond acceptors (Lipinski definition) is 5. The van der Waals surface area contributed by atoms with Gasteiger partial charge in [0.15, 0.2) is 0 Å². The Hall–Kier alpha value is -0.940. The van der Waals surface area contributed by atoms with Crippen LogP contribution in [-0.2, 0) is 10.3 Å². The molecule has 5 nitrogen and oxygen atoms in total. The molecule has 0 aromatic carbocycles. The van der Waals surface area contributed by atoms with Gasteiger partial charge in [0.2, 0.25) is 11.7 Å². The molecule has 2 fully saturated rings. The molecule has 0 spiro atoms. The highest BCUT2D eigenvalue weighted by atomic mass is 16.5. The molecule has 2 unspecified atom stereocenters. The van der Waals surface area contributed by atoms with Crippen LogP contribution in [0.3, 0.4) is 0 Å². The molecule has 0 radical (unpaired) electrons. The fraction of sp³-hybridized carbons (Fsp3) is 0.857. The number of aromatic nitrogens is 2. The summed E-state index contributed by atoms with van der Waals surface area (Å²) in [7, 11) is 0. The topological polar surface area (TPSA) is 74.2 Å². The van der Waals surface area contributed by atoms with E-state index in [4.69, 9.17) is 15.0 Å². The Morgan fingerprint density at radius 2 is 2.16 bits per heavy atom. The summed E-state index contributed by atoms with van der Waals surface area (Å²) < 4.78 is 11.4. The molecule has 1 aromatic heterocycles. The lowest BCUT2D eigenvalue weighted by Gasteiger charge is -2.24. The van der Waals surface area contributed by atoms with Crippen molar-refractivity contribution in [2.24, 2.45) is 5.73 Å². The van der Waals surface area contributed by atoms with Crippen LogP contribution in [-0.4, -0.2) is 22.8 Å². The van der Waals surface area contributed by atoms with Crippen molar-refractivity contribution in [3.63, 3.8) is 0 Å². The minimum Gasteiger partial charge on any atom is -0.367 e. The Morgan fingerprint density at radius 3 is 2.79 bits per heavy atom. The van der Waals surface area contributed by atoms with Gasteiger partial charge in [0.25, 0.3) is 0 Å². The molecule has 0 bridgehead atoms. The summed E-state index contributed by atoms with van der Waals surface area (Å²) in [5, 5.41) is 4.21. The first kappa shape index (κ1) is 13.1. The summed E-state index contributed by atoms with van der Waals surface area (Å²) in [6, 6.07) is 0.285. The fourth-order valence-electron chi connectivity index (χ4n) is 3.48. The van der Waals surface area contributed by atoms with E-state index in [0.29, 0.717) is 12.5 Å². The summed E-state index contributed by atoms with van der Waals surface area (Å²) in [6.07, 6.45) is 7.44. The molecule has 2 aliphatic carbocycles. The fourth-order valence-corrected chi connectivity index (χ4v) is 3.48.